The largest absolute Gasteiger partial charge is 0.491 e. The molecule has 1 fully saturated rings. The van der Waals surface area contributed by atoms with Crippen molar-refractivity contribution in [3.63, 3.8) is 0 Å². The zero-order chi connectivity index (χ0) is 21.8. The second kappa shape index (κ2) is 8.76. The van der Waals surface area contributed by atoms with Crippen molar-refractivity contribution in [2.75, 3.05) is 18.5 Å². The van der Waals surface area contributed by atoms with Crippen LogP contribution >= 0.6 is 0 Å². The summed E-state index contributed by atoms with van der Waals surface area (Å²) in [5, 5.41) is 6.47. The Morgan fingerprint density at radius 1 is 1.23 bits per heavy atom. The first-order chi connectivity index (χ1) is 14.9. The zero-order valence-electron chi connectivity index (χ0n) is 16.3. The number of rotatable bonds is 6. The fourth-order valence-corrected chi connectivity index (χ4v) is 3.21. The molecule has 2 heterocycles. The number of carbonyl (C=O) groups excluding carboxylic acids is 1. The van der Waals surface area contributed by atoms with Crippen molar-refractivity contribution in [1.29, 1.82) is 0 Å². The average molecular weight is 432 g/mol. The van der Waals surface area contributed by atoms with Crippen molar-refractivity contribution in [3.05, 3.63) is 66.2 Å². The van der Waals surface area contributed by atoms with Crippen molar-refractivity contribution in [2.45, 2.75) is 25.1 Å². The number of nitrogens with one attached hydrogen (secondary N) is 1. The lowest BCUT2D eigenvalue weighted by molar-refractivity contribution is -0.137. The molecule has 0 radical (unpaired) electrons. The molecule has 0 unspecified atom stereocenters. The number of nitrogens with zero attached hydrogens (tertiary/aromatic N) is 3. The topological polar surface area (TPSA) is 78.3 Å². The van der Waals surface area contributed by atoms with Crippen LogP contribution in [0.3, 0.4) is 0 Å². The lowest BCUT2D eigenvalue weighted by Gasteiger charge is -2.15. The van der Waals surface area contributed by atoms with E-state index in [0.717, 1.165) is 31.6 Å². The van der Waals surface area contributed by atoms with Gasteiger partial charge in [0.25, 0.3) is 5.91 Å². The maximum Gasteiger partial charge on any atom is 0.416 e. The third-order valence-corrected chi connectivity index (χ3v) is 4.81. The fourth-order valence-electron chi connectivity index (χ4n) is 3.21. The lowest BCUT2D eigenvalue weighted by Crippen LogP contribution is -2.17. The number of anilines is 1. The zero-order valence-corrected chi connectivity index (χ0v) is 16.3. The molecule has 162 valence electrons. The molecular formula is C21H19F3N4O3. The van der Waals surface area contributed by atoms with Gasteiger partial charge < -0.3 is 14.8 Å². The normalized spacial score (nSPS) is 16.3. The van der Waals surface area contributed by atoms with Gasteiger partial charge in [0.15, 0.2) is 0 Å². The van der Waals surface area contributed by atoms with Crippen LogP contribution in [0.2, 0.25) is 0 Å². The van der Waals surface area contributed by atoms with E-state index in [2.05, 4.69) is 15.4 Å². The van der Waals surface area contributed by atoms with Crippen LogP contribution in [-0.4, -0.2) is 40.0 Å². The number of hydrogen-bond acceptors (Lipinski definition) is 5. The molecular weight excluding hydrogens is 413 g/mol. The Hall–Kier alpha value is -3.40. The Kier molecular flexibility index (Phi) is 5.90. The summed E-state index contributed by atoms with van der Waals surface area (Å²) in [6, 6.07) is 9.38. The number of carbonyl (C=O) groups is 1. The second-order valence-corrected chi connectivity index (χ2v) is 6.99. The highest BCUT2D eigenvalue weighted by Gasteiger charge is 2.31. The van der Waals surface area contributed by atoms with Crippen LogP contribution in [0.15, 0.2) is 55.1 Å². The van der Waals surface area contributed by atoms with Crippen LogP contribution in [-0.2, 0) is 10.9 Å². The maximum absolute atomic E-state index is 13.2. The summed E-state index contributed by atoms with van der Waals surface area (Å²) in [5.41, 5.74) is -0.393. The molecule has 2 aromatic carbocycles. The van der Waals surface area contributed by atoms with Crippen LogP contribution < -0.4 is 10.1 Å². The summed E-state index contributed by atoms with van der Waals surface area (Å²) >= 11 is 0. The Balaban J connectivity index is 1.50. The summed E-state index contributed by atoms with van der Waals surface area (Å²) in [6.07, 6.45) is 0.0590. The van der Waals surface area contributed by atoms with Gasteiger partial charge in [0.2, 0.25) is 0 Å². The smallest absolute Gasteiger partial charge is 0.416 e. The van der Waals surface area contributed by atoms with Crippen molar-refractivity contribution in [1.82, 2.24) is 14.8 Å². The van der Waals surface area contributed by atoms with Crippen molar-refractivity contribution in [2.24, 2.45) is 0 Å². The molecule has 1 aliphatic rings. The van der Waals surface area contributed by atoms with Gasteiger partial charge in [-0.25, -0.2) is 9.67 Å². The number of halogens is 3. The lowest BCUT2D eigenvalue weighted by atomic mass is 10.1. The Morgan fingerprint density at radius 3 is 2.68 bits per heavy atom. The van der Waals surface area contributed by atoms with Gasteiger partial charge in [0.1, 0.15) is 25.0 Å². The summed E-state index contributed by atoms with van der Waals surface area (Å²) in [6.45, 7) is 1.16. The molecule has 7 nitrogen and oxygen atoms in total. The monoisotopic (exact) mass is 432 g/mol. The molecule has 0 spiro atoms. The molecule has 0 aliphatic carbocycles. The second-order valence-electron chi connectivity index (χ2n) is 6.99. The van der Waals surface area contributed by atoms with E-state index < -0.39 is 17.6 Å². The van der Waals surface area contributed by atoms with Crippen molar-refractivity contribution in [3.8, 4) is 11.4 Å². The molecule has 10 heteroatoms. The minimum atomic E-state index is -4.55. The van der Waals surface area contributed by atoms with Crippen molar-refractivity contribution < 1.29 is 27.4 Å². The van der Waals surface area contributed by atoms with E-state index >= 15 is 0 Å². The predicted octanol–water partition coefficient (Wildman–Crippen LogP) is 4.10. The first-order valence-corrected chi connectivity index (χ1v) is 9.62. The van der Waals surface area contributed by atoms with E-state index in [0.29, 0.717) is 12.4 Å². The fraction of sp³-hybridized carbons (Fsp3) is 0.286. The van der Waals surface area contributed by atoms with Crippen LogP contribution in [0.5, 0.6) is 5.75 Å². The van der Waals surface area contributed by atoms with E-state index in [1.165, 1.54) is 23.4 Å². The van der Waals surface area contributed by atoms with Gasteiger partial charge >= 0.3 is 6.18 Å². The van der Waals surface area contributed by atoms with Gasteiger partial charge in [0.05, 0.1) is 23.0 Å². The summed E-state index contributed by atoms with van der Waals surface area (Å²) in [7, 11) is 0. The number of amides is 1. The molecule has 0 bridgehead atoms. The molecule has 31 heavy (non-hydrogen) atoms. The number of ether oxygens (including phenoxy) is 2. The number of hydrogen-bond donors (Lipinski definition) is 1. The minimum Gasteiger partial charge on any atom is -0.491 e. The molecule has 1 aliphatic heterocycles. The van der Waals surface area contributed by atoms with E-state index in [1.807, 2.05) is 0 Å². The average Bonchev–Trinajstić information content (AvgIpc) is 3.46. The van der Waals surface area contributed by atoms with E-state index in [-0.39, 0.29) is 23.0 Å². The molecule has 4 rings (SSSR count). The minimum absolute atomic E-state index is 0.0379. The Labute approximate surface area is 175 Å². The molecule has 1 aromatic heterocycles. The van der Waals surface area contributed by atoms with Crippen LogP contribution in [0.1, 0.15) is 28.8 Å². The molecule has 1 saturated heterocycles. The number of aromatic nitrogens is 3. The van der Waals surface area contributed by atoms with E-state index in [4.69, 9.17) is 9.47 Å². The summed E-state index contributed by atoms with van der Waals surface area (Å²) in [4.78, 5) is 16.5. The number of alkyl halides is 3. The first-order valence-electron chi connectivity index (χ1n) is 9.62. The Bertz CT molecular complexity index is 1030. The van der Waals surface area contributed by atoms with Crippen LogP contribution in [0.25, 0.3) is 5.69 Å². The third-order valence-electron chi connectivity index (χ3n) is 4.81. The van der Waals surface area contributed by atoms with Gasteiger partial charge in [-0.15, -0.1) is 0 Å². The summed E-state index contributed by atoms with van der Waals surface area (Å²) in [5.74, 6) is 0.0146. The Morgan fingerprint density at radius 2 is 2.03 bits per heavy atom. The van der Waals surface area contributed by atoms with E-state index in [9.17, 15) is 18.0 Å². The van der Waals surface area contributed by atoms with Gasteiger partial charge in [-0.05, 0) is 55.3 Å². The molecule has 1 atom stereocenters. The van der Waals surface area contributed by atoms with Crippen molar-refractivity contribution >= 4 is 11.6 Å². The van der Waals surface area contributed by atoms with Gasteiger partial charge in [-0.1, -0.05) is 0 Å². The quantitative estimate of drug-likeness (QED) is 0.635. The first kappa shape index (κ1) is 20.9. The highest BCUT2D eigenvalue weighted by Crippen LogP contribution is 2.33. The van der Waals surface area contributed by atoms with Gasteiger partial charge in [0, 0.05) is 12.2 Å². The highest BCUT2D eigenvalue weighted by atomic mass is 19.4. The predicted molar refractivity (Wildman–Crippen MR) is 105 cm³/mol. The molecule has 1 amide bonds. The maximum atomic E-state index is 13.2. The molecule has 0 saturated carbocycles. The molecule has 3 aromatic rings. The summed E-state index contributed by atoms with van der Waals surface area (Å²) < 4.78 is 51.9. The molecule has 1 N–H and O–H groups in total. The van der Waals surface area contributed by atoms with Gasteiger partial charge in [-0.2, -0.15) is 18.3 Å². The highest BCUT2D eigenvalue weighted by molar-refractivity contribution is 6.05. The van der Waals surface area contributed by atoms with Gasteiger partial charge in [-0.3, -0.25) is 4.79 Å². The van der Waals surface area contributed by atoms with Crippen LogP contribution in [0, 0.1) is 0 Å². The standard InChI is InChI=1S/C21H19F3N4O3/c22-21(23,24)15-5-8-19(28-13-25-12-26-28)18(10-15)27-20(29)14-3-6-16(7-4-14)31-11-17-2-1-9-30-17/h3-8,10,12-13,17H,1-2,9,11H2,(H,27,29)/t17-/m0/s1. The third kappa shape index (κ3) is 5.02. The SMILES string of the molecule is O=C(Nc1cc(C(F)(F)F)ccc1-n1cncn1)c1ccc(OC[C@@H]2CCCO2)cc1. The number of benzene rings is 2. The van der Waals surface area contributed by atoms with E-state index in [1.54, 1.807) is 24.3 Å². The van der Waals surface area contributed by atoms with Crippen LogP contribution in [0.4, 0.5) is 18.9 Å².